The molecule has 2 aromatic carbocycles. The summed E-state index contributed by atoms with van der Waals surface area (Å²) in [5.74, 6) is 2.04. The van der Waals surface area contributed by atoms with Crippen LogP contribution in [-0.4, -0.2) is 54.2 Å². The number of fused-ring (bicyclic) bond motifs is 1. The zero-order chi connectivity index (χ0) is 26.4. The molecule has 1 unspecified atom stereocenters. The van der Waals surface area contributed by atoms with Crippen LogP contribution < -0.4 is 34.9 Å². The number of ether oxygens (including phenoxy) is 5. The molecule has 3 aromatic rings. The molecule has 13 heteroatoms. The van der Waals surface area contributed by atoms with E-state index in [1.807, 2.05) is 20.8 Å². The lowest BCUT2D eigenvalue weighted by molar-refractivity contribution is -0.242. The smallest absolute Gasteiger partial charge is 0.444 e. The van der Waals surface area contributed by atoms with Gasteiger partial charge in [0.05, 0.1) is 25.5 Å². The maximum absolute atomic E-state index is 13.9. The summed E-state index contributed by atoms with van der Waals surface area (Å²) < 4.78 is 54.7. The van der Waals surface area contributed by atoms with Crippen LogP contribution in [0.5, 0.6) is 23.0 Å². The fourth-order valence-electron chi connectivity index (χ4n) is 3.57. The molecule has 0 amide bonds. The highest BCUT2D eigenvalue weighted by Gasteiger charge is 2.47. The summed E-state index contributed by atoms with van der Waals surface area (Å²) in [4.78, 5) is 12.7. The average Bonchev–Trinajstić information content (AvgIpc) is 2.86. The first-order valence-corrected chi connectivity index (χ1v) is 11.7. The Morgan fingerprint density at radius 3 is 2.14 bits per heavy atom. The molecule has 37 heavy (non-hydrogen) atoms. The number of anilines is 5. The lowest BCUT2D eigenvalue weighted by Crippen LogP contribution is -2.48. The van der Waals surface area contributed by atoms with Crippen molar-refractivity contribution in [3.63, 3.8) is 0 Å². The first kappa shape index (κ1) is 25.9. The molecule has 0 aliphatic carbocycles. The van der Waals surface area contributed by atoms with E-state index in [0.717, 1.165) is 0 Å². The number of aromatic nitrogens is 3. The van der Waals surface area contributed by atoms with Crippen molar-refractivity contribution in [2.75, 3.05) is 42.9 Å². The number of hydrogen-bond acceptors (Lipinski definition) is 11. The van der Waals surface area contributed by atoms with E-state index in [2.05, 4.69) is 30.9 Å². The predicted octanol–water partition coefficient (Wildman–Crippen LogP) is 4.92. The van der Waals surface area contributed by atoms with Crippen molar-refractivity contribution in [1.82, 2.24) is 15.0 Å². The van der Waals surface area contributed by atoms with Gasteiger partial charge >= 0.3 is 6.11 Å². The predicted molar refractivity (Wildman–Crippen MR) is 133 cm³/mol. The normalized spacial score (nSPS) is 15.6. The highest BCUT2D eigenvalue weighted by Crippen LogP contribution is 2.42. The minimum atomic E-state index is -3.50. The zero-order valence-corrected chi connectivity index (χ0v) is 20.8. The Labute approximate surface area is 212 Å². The topological polar surface area (TPSA) is 121 Å². The first-order chi connectivity index (χ1) is 17.9. The second-order valence-electron chi connectivity index (χ2n) is 7.62. The number of rotatable bonds is 11. The fourth-order valence-corrected chi connectivity index (χ4v) is 3.57. The van der Waals surface area contributed by atoms with Crippen molar-refractivity contribution in [1.29, 1.82) is 0 Å². The van der Waals surface area contributed by atoms with Gasteiger partial charge in [-0.25, -0.2) is 9.97 Å². The van der Waals surface area contributed by atoms with E-state index in [9.17, 15) is 8.78 Å². The van der Waals surface area contributed by atoms with E-state index in [1.165, 1.54) is 19.5 Å². The van der Waals surface area contributed by atoms with E-state index < -0.39 is 12.3 Å². The third-order valence-electron chi connectivity index (χ3n) is 5.05. The van der Waals surface area contributed by atoms with Gasteiger partial charge in [0.25, 0.3) is 0 Å². The molecule has 198 valence electrons. The standard InChI is InChI=1S/C24H28F2N6O5/c1-5-34-18-11-15(12-19(35-6-2)20(18)36-7-3)30-23-28-13-27-22(32-23)29-14-8-9-17-16(10-14)31-21(33-4)24(25,26)37-17/h8-13,21,31H,5-7H2,1-4H3,(H2,27,28,29,30,32). The summed E-state index contributed by atoms with van der Waals surface area (Å²) in [7, 11) is 1.17. The number of nitrogens with one attached hydrogen (secondary N) is 3. The molecule has 0 spiro atoms. The molecule has 1 aromatic heterocycles. The molecule has 1 atom stereocenters. The molecule has 4 rings (SSSR count). The fraction of sp³-hybridized carbons (Fsp3) is 0.375. The van der Waals surface area contributed by atoms with Gasteiger partial charge in [-0.1, -0.05) is 0 Å². The van der Waals surface area contributed by atoms with Crippen molar-refractivity contribution in [2.24, 2.45) is 0 Å². The summed E-state index contributed by atoms with van der Waals surface area (Å²) >= 11 is 0. The molecule has 11 nitrogen and oxygen atoms in total. The maximum atomic E-state index is 13.9. The van der Waals surface area contributed by atoms with Crippen LogP contribution in [0.1, 0.15) is 20.8 Å². The Hall–Kier alpha value is -4.13. The Balaban J connectivity index is 1.54. The van der Waals surface area contributed by atoms with E-state index in [0.29, 0.717) is 54.1 Å². The van der Waals surface area contributed by atoms with Gasteiger partial charge in [-0.2, -0.15) is 13.8 Å². The number of methoxy groups -OCH3 is 1. The summed E-state index contributed by atoms with van der Waals surface area (Å²) in [6.07, 6.45) is -3.79. The van der Waals surface area contributed by atoms with Gasteiger partial charge in [0.15, 0.2) is 11.5 Å². The van der Waals surface area contributed by atoms with E-state index >= 15 is 0 Å². The molecule has 2 heterocycles. The molecule has 0 fully saturated rings. The third-order valence-corrected chi connectivity index (χ3v) is 5.05. The van der Waals surface area contributed by atoms with Crippen LogP contribution in [0.15, 0.2) is 36.7 Å². The zero-order valence-electron chi connectivity index (χ0n) is 20.8. The van der Waals surface area contributed by atoms with E-state index in [4.69, 9.17) is 23.7 Å². The number of hydrogen-bond donors (Lipinski definition) is 3. The van der Waals surface area contributed by atoms with Gasteiger partial charge in [0.1, 0.15) is 12.1 Å². The van der Waals surface area contributed by atoms with Crippen LogP contribution in [0.2, 0.25) is 0 Å². The summed E-state index contributed by atoms with van der Waals surface area (Å²) in [5.41, 5.74) is 1.48. The molecular weight excluding hydrogens is 490 g/mol. The van der Waals surface area contributed by atoms with Crippen molar-refractivity contribution in [3.8, 4) is 23.0 Å². The largest absolute Gasteiger partial charge is 0.490 e. The minimum Gasteiger partial charge on any atom is -0.490 e. The average molecular weight is 519 g/mol. The molecule has 1 aliphatic heterocycles. The molecule has 3 N–H and O–H groups in total. The van der Waals surface area contributed by atoms with Crippen LogP contribution >= 0.6 is 0 Å². The van der Waals surface area contributed by atoms with Gasteiger partial charge in [-0.15, -0.1) is 0 Å². The van der Waals surface area contributed by atoms with Gasteiger partial charge in [0, 0.05) is 30.6 Å². The molecular formula is C24H28F2N6O5. The van der Waals surface area contributed by atoms with Crippen LogP contribution in [0.25, 0.3) is 0 Å². The van der Waals surface area contributed by atoms with Crippen molar-refractivity contribution in [2.45, 2.75) is 33.1 Å². The van der Waals surface area contributed by atoms with E-state index in [-0.39, 0.29) is 17.6 Å². The highest BCUT2D eigenvalue weighted by molar-refractivity contribution is 5.69. The van der Waals surface area contributed by atoms with Crippen LogP contribution in [0, 0.1) is 0 Å². The van der Waals surface area contributed by atoms with Crippen molar-refractivity contribution in [3.05, 3.63) is 36.7 Å². The number of nitrogens with zero attached hydrogens (tertiary/aromatic N) is 3. The molecule has 0 bridgehead atoms. The summed E-state index contributed by atoms with van der Waals surface area (Å²) in [6.45, 7) is 6.98. The number of alkyl halides is 2. The Morgan fingerprint density at radius 1 is 0.919 bits per heavy atom. The summed E-state index contributed by atoms with van der Waals surface area (Å²) in [5, 5.41) is 8.76. The summed E-state index contributed by atoms with van der Waals surface area (Å²) in [6, 6.07) is 8.10. The van der Waals surface area contributed by atoms with E-state index in [1.54, 1.807) is 24.3 Å². The molecule has 0 saturated carbocycles. The first-order valence-electron chi connectivity index (χ1n) is 11.7. The Kier molecular flexibility index (Phi) is 7.92. The molecule has 0 radical (unpaired) electrons. The second-order valence-corrected chi connectivity index (χ2v) is 7.62. The molecule has 0 saturated heterocycles. The van der Waals surface area contributed by atoms with Crippen LogP contribution in [-0.2, 0) is 4.74 Å². The lowest BCUT2D eigenvalue weighted by Gasteiger charge is -2.33. The van der Waals surface area contributed by atoms with Crippen LogP contribution in [0.4, 0.5) is 37.7 Å². The van der Waals surface area contributed by atoms with Gasteiger partial charge in [0.2, 0.25) is 23.9 Å². The monoisotopic (exact) mass is 518 g/mol. The lowest BCUT2D eigenvalue weighted by atomic mass is 10.2. The third kappa shape index (κ3) is 6.00. The Morgan fingerprint density at radius 2 is 1.54 bits per heavy atom. The number of benzene rings is 2. The second kappa shape index (κ2) is 11.3. The van der Waals surface area contributed by atoms with Gasteiger partial charge < -0.3 is 39.6 Å². The van der Waals surface area contributed by atoms with Crippen LogP contribution in [0.3, 0.4) is 0 Å². The number of halogens is 2. The maximum Gasteiger partial charge on any atom is 0.444 e. The van der Waals surface area contributed by atoms with Gasteiger partial charge in [-0.3, -0.25) is 0 Å². The highest BCUT2D eigenvalue weighted by atomic mass is 19.3. The SMILES string of the molecule is CCOc1cc(Nc2ncnc(Nc3ccc4c(c3)NC(OC)C(F)(F)O4)n2)cc(OCC)c1OCC. The van der Waals surface area contributed by atoms with Gasteiger partial charge in [-0.05, 0) is 39.0 Å². The quantitative estimate of drug-likeness (QED) is 0.321. The molecule has 1 aliphatic rings. The Bertz CT molecular complexity index is 1200. The minimum absolute atomic E-state index is 0.00689. The van der Waals surface area contributed by atoms with Crippen molar-refractivity contribution < 1.29 is 32.5 Å². The van der Waals surface area contributed by atoms with Crippen molar-refractivity contribution >= 4 is 29.0 Å².